The number of rotatable bonds is 3. The van der Waals surface area contributed by atoms with E-state index in [1.54, 1.807) is 12.1 Å². The number of nitrogens with one attached hydrogen (secondary N) is 1. The minimum Gasteiger partial charge on any atom is -0.361 e. The van der Waals surface area contributed by atoms with E-state index in [9.17, 15) is 4.39 Å². The number of halogens is 1. The average molecular weight is 366 g/mol. The van der Waals surface area contributed by atoms with Gasteiger partial charge in [0.25, 0.3) is 0 Å². The molecule has 0 saturated carbocycles. The molecule has 1 saturated heterocycles. The van der Waals surface area contributed by atoms with E-state index in [1.807, 2.05) is 26.0 Å². The number of aromatic nitrogens is 1. The highest BCUT2D eigenvalue weighted by molar-refractivity contribution is 5.77. The Hall–Kier alpha value is -2.20. The van der Waals surface area contributed by atoms with Crippen LogP contribution in [0.5, 0.6) is 0 Å². The second-order valence-corrected chi connectivity index (χ2v) is 8.51. The normalized spacial score (nSPS) is 30.6. The number of hydrogen-bond donors (Lipinski definition) is 1. The molecule has 3 nitrogen and oxygen atoms in total. The van der Waals surface area contributed by atoms with Crippen LogP contribution in [0.25, 0.3) is 5.57 Å². The molecule has 27 heavy (non-hydrogen) atoms. The predicted octanol–water partition coefficient (Wildman–Crippen LogP) is 4.96. The Bertz CT molecular complexity index is 891. The topological polar surface area (TPSA) is 38.1 Å². The molecule has 1 aromatic carbocycles. The molecule has 0 amide bonds. The smallest absolute Gasteiger partial charge is 0.141 e. The molecule has 1 unspecified atom stereocenters. The predicted molar refractivity (Wildman–Crippen MR) is 106 cm³/mol. The molecule has 1 aromatic heterocycles. The minimum atomic E-state index is -0.180. The highest BCUT2D eigenvalue weighted by Gasteiger charge is 2.48. The first-order chi connectivity index (χ1) is 12.8. The number of hydrogen-bond acceptors (Lipinski definition) is 3. The third kappa shape index (κ3) is 2.96. The summed E-state index contributed by atoms with van der Waals surface area (Å²) in [5.41, 5.74) is 4.45. The Morgan fingerprint density at radius 3 is 2.52 bits per heavy atom. The van der Waals surface area contributed by atoms with Crippen molar-refractivity contribution in [3.63, 3.8) is 0 Å². The largest absolute Gasteiger partial charge is 0.361 e. The minimum absolute atomic E-state index is 0.0266. The van der Waals surface area contributed by atoms with Gasteiger partial charge in [0.2, 0.25) is 0 Å². The van der Waals surface area contributed by atoms with Crippen molar-refractivity contribution in [2.24, 2.45) is 11.3 Å². The molecule has 4 rings (SSSR count). The van der Waals surface area contributed by atoms with Gasteiger partial charge in [-0.3, -0.25) is 0 Å². The highest BCUT2D eigenvalue weighted by atomic mass is 19.1. The van der Waals surface area contributed by atoms with Gasteiger partial charge in [-0.15, -0.1) is 0 Å². The third-order valence-corrected chi connectivity index (χ3v) is 6.64. The number of allylic oxidation sites excluding steroid dienone is 4. The fourth-order valence-electron chi connectivity index (χ4n) is 5.00. The Balaban J connectivity index is 1.63. The van der Waals surface area contributed by atoms with Crippen LogP contribution in [0.3, 0.4) is 0 Å². The molecule has 0 radical (unpaired) electrons. The summed E-state index contributed by atoms with van der Waals surface area (Å²) < 4.78 is 18.8. The molecule has 3 atom stereocenters. The molecule has 1 N–H and O–H groups in total. The van der Waals surface area contributed by atoms with Crippen LogP contribution >= 0.6 is 0 Å². The second kappa shape index (κ2) is 6.45. The van der Waals surface area contributed by atoms with Gasteiger partial charge in [0.15, 0.2) is 0 Å². The Morgan fingerprint density at radius 1 is 1.19 bits per heavy atom. The molecular weight excluding hydrogens is 339 g/mol. The summed E-state index contributed by atoms with van der Waals surface area (Å²) in [6.07, 6.45) is 7.86. The van der Waals surface area contributed by atoms with Crippen LogP contribution in [0.2, 0.25) is 0 Å². The summed E-state index contributed by atoms with van der Waals surface area (Å²) in [5, 5.41) is 7.67. The van der Waals surface area contributed by atoms with Crippen LogP contribution < -0.4 is 5.32 Å². The first-order valence-electron chi connectivity index (χ1n) is 9.63. The van der Waals surface area contributed by atoms with Crippen molar-refractivity contribution < 1.29 is 8.91 Å². The van der Waals surface area contributed by atoms with Crippen molar-refractivity contribution in [2.75, 3.05) is 13.1 Å². The molecule has 0 bridgehead atoms. The summed E-state index contributed by atoms with van der Waals surface area (Å²) in [4.78, 5) is 0. The van der Waals surface area contributed by atoms with Gasteiger partial charge < -0.3 is 9.84 Å². The molecule has 1 aliphatic carbocycles. The van der Waals surface area contributed by atoms with Crippen molar-refractivity contribution in [1.82, 2.24) is 10.5 Å². The first-order valence-corrected chi connectivity index (χ1v) is 9.63. The standard InChI is InChI=1S/C23H27FN2O/c1-15-21(16(2)27-26-15)17-9-11-22(3,12-10-17)20-13-25-14-23(20,4)18-5-7-19(24)8-6-18/h5-11,20,25H,12-14H2,1-4H3/t20-,22?,23+/m0/s1. The van der Waals surface area contributed by atoms with E-state index in [2.05, 4.69) is 42.5 Å². The Kier molecular flexibility index (Phi) is 4.34. The summed E-state index contributed by atoms with van der Waals surface area (Å²) in [5.74, 6) is 1.11. The van der Waals surface area contributed by atoms with Crippen LogP contribution in [0.1, 0.15) is 42.8 Å². The monoisotopic (exact) mass is 366 g/mol. The van der Waals surface area contributed by atoms with Crippen LogP contribution in [0.15, 0.2) is 47.0 Å². The van der Waals surface area contributed by atoms with Gasteiger partial charge in [-0.1, -0.05) is 49.4 Å². The maximum atomic E-state index is 13.4. The van der Waals surface area contributed by atoms with Gasteiger partial charge in [0, 0.05) is 17.5 Å². The van der Waals surface area contributed by atoms with Gasteiger partial charge in [-0.25, -0.2) is 4.39 Å². The molecule has 4 heteroatoms. The fraction of sp³-hybridized carbons (Fsp3) is 0.435. The fourth-order valence-corrected chi connectivity index (χ4v) is 5.00. The quantitative estimate of drug-likeness (QED) is 0.834. The molecule has 2 aromatic rings. The average Bonchev–Trinajstić information content (AvgIpc) is 3.20. The molecule has 142 valence electrons. The van der Waals surface area contributed by atoms with Crippen LogP contribution in [-0.2, 0) is 5.41 Å². The van der Waals surface area contributed by atoms with E-state index in [0.29, 0.717) is 5.92 Å². The molecule has 2 heterocycles. The molecule has 1 fully saturated rings. The highest BCUT2D eigenvalue weighted by Crippen LogP contribution is 2.50. The summed E-state index contributed by atoms with van der Waals surface area (Å²) in [6, 6.07) is 7.03. The maximum absolute atomic E-state index is 13.4. The van der Waals surface area contributed by atoms with Gasteiger partial charge >= 0.3 is 0 Å². The van der Waals surface area contributed by atoms with E-state index in [-0.39, 0.29) is 16.6 Å². The van der Waals surface area contributed by atoms with Crippen molar-refractivity contribution >= 4 is 5.57 Å². The van der Waals surface area contributed by atoms with E-state index in [1.165, 1.54) is 11.1 Å². The van der Waals surface area contributed by atoms with Gasteiger partial charge in [-0.05, 0) is 61.4 Å². The molecular formula is C23H27FN2O. The molecule has 2 aliphatic rings. The van der Waals surface area contributed by atoms with E-state index >= 15 is 0 Å². The van der Waals surface area contributed by atoms with Crippen molar-refractivity contribution in [3.05, 3.63) is 70.9 Å². The Labute approximate surface area is 160 Å². The van der Waals surface area contributed by atoms with E-state index in [4.69, 9.17) is 4.52 Å². The zero-order valence-electron chi connectivity index (χ0n) is 16.5. The van der Waals surface area contributed by atoms with Crippen LogP contribution in [0.4, 0.5) is 4.39 Å². The zero-order valence-corrected chi connectivity index (χ0v) is 16.5. The lowest BCUT2D eigenvalue weighted by Gasteiger charge is -2.43. The lowest BCUT2D eigenvalue weighted by atomic mass is 9.60. The summed E-state index contributed by atoms with van der Waals surface area (Å²) in [6.45, 7) is 10.5. The summed E-state index contributed by atoms with van der Waals surface area (Å²) >= 11 is 0. The second-order valence-electron chi connectivity index (χ2n) is 8.51. The third-order valence-electron chi connectivity index (χ3n) is 6.64. The van der Waals surface area contributed by atoms with E-state index < -0.39 is 0 Å². The van der Waals surface area contributed by atoms with Crippen molar-refractivity contribution in [3.8, 4) is 0 Å². The van der Waals surface area contributed by atoms with Gasteiger partial charge in [0.05, 0.1) is 5.69 Å². The maximum Gasteiger partial charge on any atom is 0.141 e. The first kappa shape index (κ1) is 18.2. The van der Waals surface area contributed by atoms with Crippen molar-refractivity contribution in [1.29, 1.82) is 0 Å². The SMILES string of the molecule is Cc1noc(C)c1C1=CCC(C)([C@@H]2CNC[C@]2(C)c2ccc(F)cc2)C=C1. The lowest BCUT2D eigenvalue weighted by Crippen LogP contribution is -2.41. The van der Waals surface area contributed by atoms with Crippen LogP contribution in [0, 0.1) is 31.0 Å². The van der Waals surface area contributed by atoms with Gasteiger partial charge in [0.1, 0.15) is 11.6 Å². The van der Waals surface area contributed by atoms with Crippen molar-refractivity contribution in [2.45, 2.75) is 39.5 Å². The Morgan fingerprint density at radius 2 is 1.93 bits per heavy atom. The molecule has 0 spiro atoms. The van der Waals surface area contributed by atoms with Crippen LogP contribution in [-0.4, -0.2) is 18.2 Å². The zero-order chi connectivity index (χ0) is 19.2. The number of aryl methyl sites for hydroxylation is 2. The molecule has 1 aliphatic heterocycles. The number of benzene rings is 1. The lowest BCUT2D eigenvalue weighted by molar-refractivity contribution is 0.195. The van der Waals surface area contributed by atoms with Gasteiger partial charge in [-0.2, -0.15) is 0 Å². The summed E-state index contributed by atoms with van der Waals surface area (Å²) in [7, 11) is 0. The van der Waals surface area contributed by atoms with E-state index in [0.717, 1.165) is 36.5 Å². The number of nitrogens with zero attached hydrogens (tertiary/aromatic N) is 1.